The molecule has 0 aliphatic heterocycles. The molecule has 0 aliphatic rings. The zero-order chi connectivity index (χ0) is 4.83. The second-order valence-electron chi connectivity index (χ2n) is 1.56. The Kier molecular flexibility index (Phi) is 35.3. The third kappa shape index (κ3) is 16.0. The topological polar surface area (TPSA) is 0 Å². The standard InChI is InChI=1S/C6H13.Rb.Y/c1-3-5-6-4-2;;/h1,3-6H2,2H3;;/q-1;;. The van der Waals surface area contributed by atoms with Crippen molar-refractivity contribution in [3.05, 3.63) is 6.92 Å². The Morgan fingerprint density at radius 2 is 1.75 bits per heavy atom. The predicted octanol–water partition coefficient (Wildman–Crippen LogP) is 2.02. The van der Waals surface area contributed by atoms with Crippen molar-refractivity contribution < 1.29 is 32.7 Å². The maximum absolute atomic E-state index is 3.72. The summed E-state index contributed by atoms with van der Waals surface area (Å²) in [5, 5.41) is 0. The van der Waals surface area contributed by atoms with Crippen LogP contribution in [0.4, 0.5) is 0 Å². The van der Waals surface area contributed by atoms with Crippen LogP contribution in [-0.4, -0.2) is 58.2 Å². The molecule has 0 N–H and O–H groups in total. The van der Waals surface area contributed by atoms with E-state index in [-0.39, 0.29) is 90.9 Å². The zero-order valence-electron chi connectivity index (χ0n) is 6.11. The van der Waals surface area contributed by atoms with Crippen LogP contribution in [0.3, 0.4) is 0 Å². The molecule has 0 unspecified atom stereocenters. The summed E-state index contributed by atoms with van der Waals surface area (Å²) in [6.07, 6.45) is 5.07. The Labute approximate surface area is 127 Å². The Morgan fingerprint density at radius 3 is 1.88 bits per heavy atom. The Morgan fingerprint density at radius 1 is 1.25 bits per heavy atom. The van der Waals surface area contributed by atoms with E-state index < -0.39 is 0 Å². The first-order valence-corrected chi connectivity index (χ1v) is 2.71. The van der Waals surface area contributed by atoms with Gasteiger partial charge in [0.15, 0.2) is 0 Å². The largest absolute Gasteiger partial charge is 0.343 e. The number of hydrogen-bond donors (Lipinski definition) is 0. The molecular weight excluding hydrogens is 246 g/mol. The van der Waals surface area contributed by atoms with Gasteiger partial charge in [-0.2, -0.15) is 6.42 Å². The van der Waals surface area contributed by atoms with Crippen LogP contribution in [0.25, 0.3) is 0 Å². The van der Waals surface area contributed by atoms with E-state index in [1.807, 2.05) is 0 Å². The van der Waals surface area contributed by atoms with E-state index in [0.717, 1.165) is 6.42 Å². The molecule has 0 aromatic carbocycles. The van der Waals surface area contributed by atoms with E-state index in [1.165, 1.54) is 19.3 Å². The summed E-state index contributed by atoms with van der Waals surface area (Å²) in [5.41, 5.74) is 0. The van der Waals surface area contributed by atoms with Gasteiger partial charge in [-0.05, 0) is 0 Å². The Bertz CT molecular complexity index is 20.5. The monoisotopic (exact) mass is 259 g/mol. The summed E-state index contributed by atoms with van der Waals surface area (Å²) in [6, 6.07) is 0. The van der Waals surface area contributed by atoms with Gasteiger partial charge >= 0.3 is 0 Å². The molecule has 0 aromatic heterocycles. The van der Waals surface area contributed by atoms with Crippen LogP contribution in [-0.2, 0) is 32.7 Å². The average Bonchev–Trinajstić information content (AvgIpc) is 1.61. The molecule has 0 fully saturated rings. The first kappa shape index (κ1) is 17.1. The fourth-order valence-corrected chi connectivity index (χ4v) is 0.427. The molecule has 2 radical (unpaired) electrons. The van der Waals surface area contributed by atoms with Gasteiger partial charge in [-0.25, -0.2) is 0 Å². The van der Waals surface area contributed by atoms with E-state index in [4.69, 9.17) is 0 Å². The predicted molar refractivity (Wildman–Crippen MR) is 35.3 cm³/mol. The molecule has 0 nitrogen and oxygen atoms in total. The first-order valence-electron chi connectivity index (χ1n) is 2.71. The van der Waals surface area contributed by atoms with Crippen molar-refractivity contribution in [1.82, 2.24) is 0 Å². The van der Waals surface area contributed by atoms with E-state index in [1.54, 1.807) is 0 Å². The first-order chi connectivity index (χ1) is 2.91. The van der Waals surface area contributed by atoms with Crippen LogP contribution in [0.2, 0.25) is 0 Å². The molecule has 42 valence electrons. The molecule has 0 aliphatic carbocycles. The van der Waals surface area contributed by atoms with Gasteiger partial charge in [-0.15, -0.1) is 0 Å². The average molecular weight is 260 g/mol. The maximum Gasteiger partial charge on any atom is 0 e. The minimum atomic E-state index is 0. The van der Waals surface area contributed by atoms with Gasteiger partial charge < -0.3 is 6.92 Å². The van der Waals surface area contributed by atoms with E-state index >= 15 is 0 Å². The molecule has 0 rings (SSSR count). The molecule has 8 heavy (non-hydrogen) atoms. The molecule has 0 bridgehead atoms. The number of hydrogen-bond acceptors (Lipinski definition) is 0. The van der Waals surface area contributed by atoms with Gasteiger partial charge in [0.2, 0.25) is 0 Å². The zero-order valence-corrected chi connectivity index (χ0v) is 13.9. The number of rotatable bonds is 3. The van der Waals surface area contributed by atoms with Crippen LogP contribution >= 0.6 is 0 Å². The molecule has 0 saturated carbocycles. The summed E-state index contributed by atoms with van der Waals surface area (Å²) in [5.74, 6) is 0. The summed E-state index contributed by atoms with van der Waals surface area (Å²) in [7, 11) is 0. The van der Waals surface area contributed by atoms with Crippen LogP contribution in [0.1, 0.15) is 32.6 Å². The van der Waals surface area contributed by atoms with Crippen molar-refractivity contribution in [1.29, 1.82) is 0 Å². The summed E-state index contributed by atoms with van der Waals surface area (Å²) in [6.45, 7) is 5.93. The molecule has 0 amide bonds. The van der Waals surface area contributed by atoms with Gasteiger partial charge in [0.25, 0.3) is 0 Å². The van der Waals surface area contributed by atoms with Crippen LogP contribution in [0, 0.1) is 6.92 Å². The SMILES string of the molecule is [CH2-]CCCCC.[Rb].[Y]. The Balaban J connectivity index is -0.000000125. The normalized spacial score (nSPS) is 6.75. The second kappa shape index (κ2) is 16.5. The maximum atomic E-state index is 3.72. The van der Waals surface area contributed by atoms with Gasteiger partial charge in [-0.1, -0.05) is 26.2 Å². The van der Waals surface area contributed by atoms with E-state index in [2.05, 4.69) is 13.8 Å². The second-order valence-corrected chi connectivity index (χ2v) is 1.56. The van der Waals surface area contributed by atoms with Crippen molar-refractivity contribution in [3.63, 3.8) is 0 Å². The fourth-order valence-electron chi connectivity index (χ4n) is 0.427. The summed E-state index contributed by atoms with van der Waals surface area (Å²) in [4.78, 5) is 0. The van der Waals surface area contributed by atoms with Crippen molar-refractivity contribution in [2.45, 2.75) is 32.6 Å². The van der Waals surface area contributed by atoms with Crippen molar-refractivity contribution in [3.8, 4) is 0 Å². The van der Waals surface area contributed by atoms with Crippen LogP contribution in [0.5, 0.6) is 0 Å². The van der Waals surface area contributed by atoms with Crippen molar-refractivity contribution >= 4 is 58.2 Å². The third-order valence-corrected chi connectivity index (χ3v) is 0.854. The molecule has 0 atom stereocenters. The minimum absolute atomic E-state index is 0. The molecule has 0 aromatic rings. The summed E-state index contributed by atoms with van der Waals surface area (Å²) < 4.78 is 0. The van der Waals surface area contributed by atoms with Gasteiger partial charge in [0.05, 0.1) is 0 Å². The van der Waals surface area contributed by atoms with Crippen molar-refractivity contribution in [2.24, 2.45) is 0 Å². The van der Waals surface area contributed by atoms with Gasteiger partial charge in [-0.3, -0.25) is 0 Å². The third-order valence-electron chi connectivity index (χ3n) is 0.854. The fraction of sp³-hybridized carbons (Fsp3) is 0.833. The molecular formula is C6H13RbY-. The molecule has 0 spiro atoms. The molecule has 2 heteroatoms. The molecule has 0 heterocycles. The number of unbranched alkanes of at least 4 members (excludes halogenated alkanes) is 3. The quantitative estimate of drug-likeness (QED) is 0.537. The van der Waals surface area contributed by atoms with E-state index in [0.29, 0.717) is 0 Å². The van der Waals surface area contributed by atoms with E-state index in [9.17, 15) is 0 Å². The van der Waals surface area contributed by atoms with Gasteiger partial charge in [0.1, 0.15) is 0 Å². The van der Waals surface area contributed by atoms with Crippen LogP contribution in [0.15, 0.2) is 0 Å². The summed E-state index contributed by atoms with van der Waals surface area (Å²) >= 11 is 0. The van der Waals surface area contributed by atoms with Crippen LogP contribution < -0.4 is 0 Å². The van der Waals surface area contributed by atoms with Crippen molar-refractivity contribution in [2.75, 3.05) is 0 Å². The minimum Gasteiger partial charge on any atom is -0.343 e. The van der Waals surface area contributed by atoms with Gasteiger partial charge in [0, 0.05) is 90.9 Å². The molecule has 0 saturated heterocycles. The Hall–Kier alpha value is 2.91. The smallest absolute Gasteiger partial charge is 0 e.